The first kappa shape index (κ1) is 24.3. The third-order valence-corrected chi connectivity index (χ3v) is 8.26. The molecule has 7 nitrogen and oxygen atoms in total. The Bertz CT molecular complexity index is 1180. The van der Waals surface area contributed by atoms with Crippen molar-refractivity contribution in [1.29, 1.82) is 0 Å². The first-order chi connectivity index (χ1) is 15.3. The third kappa shape index (κ3) is 5.53. The molecule has 1 N–H and O–H groups in total. The number of halogens is 1. The number of nitrogens with one attached hydrogen (secondary N) is 1. The molecule has 0 radical (unpaired) electrons. The molecule has 0 aliphatic carbocycles. The van der Waals surface area contributed by atoms with Gasteiger partial charge in [-0.25, -0.2) is 8.42 Å². The van der Waals surface area contributed by atoms with Gasteiger partial charge in [0.25, 0.3) is 5.91 Å². The molecule has 3 rings (SSSR count). The maximum atomic E-state index is 13.1. The Morgan fingerprint density at radius 2 is 1.81 bits per heavy atom. The van der Waals surface area contributed by atoms with E-state index in [1.54, 1.807) is 0 Å². The molecule has 0 saturated carbocycles. The molecule has 0 atom stereocenters. The Morgan fingerprint density at radius 3 is 2.47 bits per heavy atom. The zero-order valence-corrected chi connectivity index (χ0v) is 20.5. The van der Waals surface area contributed by atoms with Crippen LogP contribution in [-0.2, 0) is 16.6 Å². The summed E-state index contributed by atoms with van der Waals surface area (Å²) in [5.41, 5.74) is 0.912. The summed E-state index contributed by atoms with van der Waals surface area (Å²) in [7, 11) is -2.33. The van der Waals surface area contributed by atoms with Crippen molar-refractivity contribution in [2.75, 3.05) is 12.4 Å². The number of sulfonamides is 1. The predicted octanol–water partition coefficient (Wildman–Crippen LogP) is 5.17. The van der Waals surface area contributed by atoms with Gasteiger partial charge in [-0.1, -0.05) is 67.1 Å². The minimum atomic E-state index is -3.83. The summed E-state index contributed by atoms with van der Waals surface area (Å²) in [5.74, 6) is -0.250. The quantitative estimate of drug-likeness (QED) is 0.445. The average molecular weight is 493 g/mol. The second-order valence-corrected chi connectivity index (χ2v) is 10.8. The van der Waals surface area contributed by atoms with E-state index >= 15 is 0 Å². The van der Waals surface area contributed by atoms with E-state index in [0.717, 1.165) is 23.4 Å². The molecule has 0 fully saturated rings. The van der Waals surface area contributed by atoms with Crippen LogP contribution in [0.5, 0.6) is 0 Å². The number of rotatable bonds is 9. The van der Waals surface area contributed by atoms with Crippen molar-refractivity contribution in [1.82, 2.24) is 14.5 Å². The van der Waals surface area contributed by atoms with Crippen LogP contribution in [0.15, 0.2) is 53.4 Å². The Morgan fingerprint density at radius 1 is 1.12 bits per heavy atom. The van der Waals surface area contributed by atoms with Gasteiger partial charge >= 0.3 is 0 Å². The largest absolute Gasteiger partial charge is 0.296 e. The van der Waals surface area contributed by atoms with Gasteiger partial charge in [-0.3, -0.25) is 10.1 Å². The summed E-state index contributed by atoms with van der Waals surface area (Å²) in [6, 6.07) is 13.4. The molecule has 0 unspecified atom stereocenters. The highest BCUT2D eigenvalue weighted by Gasteiger charge is 2.24. The summed E-state index contributed by atoms with van der Waals surface area (Å²) >= 11 is 7.53. The number of hydrogen-bond donors (Lipinski definition) is 1. The smallest absolute Gasteiger partial charge is 0.259 e. The van der Waals surface area contributed by atoms with Crippen LogP contribution in [0.25, 0.3) is 0 Å². The van der Waals surface area contributed by atoms with Gasteiger partial charge in [-0.05, 0) is 36.6 Å². The number of carbonyl (C=O) groups is 1. The third-order valence-electron chi connectivity index (χ3n) is 5.13. The molecular formula is C22H25ClN4O3S2. The van der Waals surface area contributed by atoms with E-state index in [4.69, 9.17) is 11.6 Å². The Balaban J connectivity index is 1.81. The van der Waals surface area contributed by atoms with Crippen LogP contribution in [0.1, 0.15) is 53.5 Å². The van der Waals surface area contributed by atoms with Crippen molar-refractivity contribution in [3.63, 3.8) is 0 Å². The Hall–Kier alpha value is -2.33. The molecule has 1 heterocycles. The van der Waals surface area contributed by atoms with Crippen LogP contribution in [0.4, 0.5) is 5.13 Å². The van der Waals surface area contributed by atoms with Crippen molar-refractivity contribution in [3.05, 3.63) is 69.7 Å². The molecule has 0 aliphatic rings. The average Bonchev–Trinajstić information content (AvgIpc) is 3.23. The minimum Gasteiger partial charge on any atom is -0.296 e. The maximum absolute atomic E-state index is 13.1. The summed E-state index contributed by atoms with van der Waals surface area (Å²) in [5, 5.41) is 12.2. The van der Waals surface area contributed by atoms with Crippen LogP contribution in [-0.4, -0.2) is 35.9 Å². The van der Waals surface area contributed by atoms with Gasteiger partial charge in [-0.2, -0.15) is 4.31 Å². The van der Waals surface area contributed by atoms with E-state index in [2.05, 4.69) is 29.4 Å². The number of hydrogen-bond acceptors (Lipinski definition) is 6. The van der Waals surface area contributed by atoms with Gasteiger partial charge in [0, 0.05) is 19.5 Å². The van der Waals surface area contributed by atoms with Gasteiger partial charge in [0.15, 0.2) is 0 Å². The molecule has 0 aliphatic heterocycles. The van der Waals surface area contributed by atoms with Crippen LogP contribution >= 0.6 is 22.9 Å². The van der Waals surface area contributed by atoms with Crippen molar-refractivity contribution >= 4 is 44.0 Å². The van der Waals surface area contributed by atoms with E-state index in [-0.39, 0.29) is 27.9 Å². The Labute approximate surface area is 197 Å². The monoisotopic (exact) mass is 492 g/mol. The molecule has 1 amide bonds. The molecule has 10 heteroatoms. The molecule has 3 aromatic rings. The van der Waals surface area contributed by atoms with Gasteiger partial charge in [-0.15, -0.1) is 10.2 Å². The first-order valence-corrected chi connectivity index (χ1v) is 12.8. The molecule has 1 aromatic heterocycles. The zero-order valence-electron chi connectivity index (χ0n) is 18.1. The van der Waals surface area contributed by atoms with E-state index in [1.807, 2.05) is 30.3 Å². The number of benzene rings is 2. The van der Waals surface area contributed by atoms with Crippen LogP contribution in [0.3, 0.4) is 0 Å². The minimum absolute atomic E-state index is 0.0135. The highest BCUT2D eigenvalue weighted by Crippen LogP contribution is 2.29. The fraction of sp³-hybridized carbons (Fsp3) is 0.318. The molecule has 32 heavy (non-hydrogen) atoms. The lowest BCUT2D eigenvalue weighted by Crippen LogP contribution is -2.27. The topological polar surface area (TPSA) is 92.3 Å². The lowest BCUT2D eigenvalue weighted by atomic mass is 10.1. The molecular weight excluding hydrogens is 468 g/mol. The van der Waals surface area contributed by atoms with Crippen LogP contribution in [0, 0.1) is 0 Å². The molecule has 0 saturated heterocycles. The fourth-order valence-electron chi connectivity index (χ4n) is 3.20. The molecule has 0 spiro atoms. The second-order valence-electron chi connectivity index (χ2n) is 7.30. The number of anilines is 1. The van der Waals surface area contributed by atoms with Crippen molar-refractivity contribution < 1.29 is 13.2 Å². The highest BCUT2D eigenvalue weighted by atomic mass is 35.5. The highest BCUT2D eigenvalue weighted by molar-refractivity contribution is 7.89. The van der Waals surface area contributed by atoms with Crippen LogP contribution < -0.4 is 5.32 Å². The summed E-state index contributed by atoms with van der Waals surface area (Å²) in [6.45, 7) is 4.36. The number of carbonyl (C=O) groups excluding carboxylic acids is 1. The maximum Gasteiger partial charge on any atom is 0.259 e. The van der Waals surface area contributed by atoms with E-state index in [0.29, 0.717) is 5.13 Å². The van der Waals surface area contributed by atoms with E-state index in [9.17, 15) is 13.2 Å². The number of amides is 1. The van der Waals surface area contributed by atoms with Crippen molar-refractivity contribution in [3.8, 4) is 0 Å². The summed E-state index contributed by atoms with van der Waals surface area (Å²) < 4.78 is 27.3. The lowest BCUT2D eigenvalue weighted by molar-refractivity contribution is 0.102. The summed E-state index contributed by atoms with van der Waals surface area (Å²) in [4.78, 5) is 12.8. The predicted molar refractivity (Wildman–Crippen MR) is 128 cm³/mol. The standard InChI is InChI=1S/C22H25ClN4O3S2/c1-4-16(5-2)21-25-26-22(31-21)24-20(28)18-13-17(11-12-19(18)23)32(29,30)27(3)14-15-9-7-6-8-10-15/h6-13,16H,4-5,14H2,1-3H3,(H,24,26,28). The van der Waals surface area contributed by atoms with Crippen molar-refractivity contribution in [2.24, 2.45) is 0 Å². The lowest BCUT2D eigenvalue weighted by Gasteiger charge is -2.18. The zero-order chi connectivity index (χ0) is 23.3. The summed E-state index contributed by atoms with van der Waals surface area (Å²) in [6.07, 6.45) is 1.86. The van der Waals surface area contributed by atoms with Gasteiger partial charge in [0.05, 0.1) is 15.5 Å². The first-order valence-electron chi connectivity index (χ1n) is 10.2. The van der Waals surface area contributed by atoms with Gasteiger partial charge < -0.3 is 0 Å². The normalized spacial score (nSPS) is 11.8. The fourth-order valence-corrected chi connectivity index (χ4v) is 5.59. The SMILES string of the molecule is CCC(CC)c1nnc(NC(=O)c2cc(S(=O)(=O)N(C)Cc3ccccc3)ccc2Cl)s1. The van der Waals surface area contributed by atoms with Crippen molar-refractivity contribution in [2.45, 2.75) is 44.0 Å². The van der Waals surface area contributed by atoms with E-state index in [1.165, 1.54) is 40.9 Å². The number of nitrogens with zero attached hydrogens (tertiary/aromatic N) is 3. The number of aromatic nitrogens is 2. The second kappa shape index (κ2) is 10.5. The molecule has 2 aromatic carbocycles. The molecule has 0 bridgehead atoms. The van der Waals surface area contributed by atoms with Gasteiger partial charge in [0.2, 0.25) is 15.2 Å². The van der Waals surface area contributed by atoms with Crippen LogP contribution in [0.2, 0.25) is 5.02 Å². The molecule has 170 valence electrons. The Kier molecular flexibility index (Phi) is 8.00. The van der Waals surface area contributed by atoms with Gasteiger partial charge in [0.1, 0.15) is 5.01 Å². The van der Waals surface area contributed by atoms with E-state index < -0.39 is 15.9 Å².